The summed E-state index contributed by atoms with van der Waals surface area (Å²) < 4.78 is 8.78. The van der Waals surface area contributed by atoms with Crippen molar-refractivity contribution in [2.45, 2.75) is 0 Å². The lowest BCUT2D eigenvalue weighted by atomic mass is 9.96. The van der Waals surface area contributed by atoms with E-state index in [1.807, 2.05) is 18.2 Å². The summed E-state index contributed by atoms with van der Waals surface area (Å²) in [5.74, 6) is 1.76. The highest BCUT2D eigenvalue weighted by Gasteiger charge is 2.20. The zero-order valence-corrected chi connectivity index (χ0v) is 30.2. The number of furan rings is 1. The highest BCUT2D eigenvalue weighted by molar-refractivity contribution is 6.15. The summed E-state index contributed by atoms with van der Waals surface area (Å²) in [7, 11) is 0. The van der Waals surface area contributed by atoms with Crippen LogP contribution in [0.1, 0.15) is 0 Å². The van der Waals surface area contributed by atoms with Crippen molar-refractivity contribution in [1.29, 1.82) is 0 Å². The SMILES string of the molecule is c1ccc(-c2ccccc2-c2nc(-c3cccc(-c4cccc5oc6c(-c7ccccc7)cccc6c45)c3)nc(-n3c4ccccc4c4ccccc43)n2)cc1. The van der Waals surface area contributed by atoms with E-state index in [0.717, 1.165) is 88.3 Å². The summed E-state index contributed by atoms with van der Waals surface area (Å²) in [6, 6.07) is 67.3. The van der Waals surface area contributed by atoms with Crippen LogP contribution >= 0.6 is 0 Å². The largest absolute Gasteiger partial charge is 0.455 e. The van der Waals surface area contributed by atoms with Crippen molar-refractivity contribution in [3.8, 4) is 62.1 Å². The quantitative estimate of drug-likeness (QED) is 0.172. The first-order valence-corrected chi connectivity index (χ1v) is 18.8. The van der Waals surface area contributed by atoms with Crippen LogP contribution in [0, 0.1) is 0 Å². The summed E-state index contributed by atoms with van der Waals surface area (Å²) in [5, 5.41) is 4.45. The van der Waals surface area contributed by atoms with Crippen LogP contribution in [0.3, 0.4) is 0 Å². The van der Waals surface area contributed by atoms with Crippen molar-refractivity contribution in [3.05, 3.63) is 194 Å². The van der Waals surface area contributed by atoms with Crippen molar-refractivity contribution >= 4 is 43.7 Å². The summed E-state index contributed by atoms with van der Waals surface area (Å²) in [6.07, 6.45) is 0. The Morgan fingerprint density at radius 1 is 0.357 bits per heavy atom. The van der Waals surface area contributed by atoms with Gasteiger partial charge in [-0.25, -0.2) is 4.98 Å². The molecular weight excluding hydrogens is 685 g/mol. The van der Waals surface area contributed by atoms with E-state index in [4.69, 9.17) is 19.4 Å². The van der Waals surface area contributed by atoms with Gasteiger partial charge in [0.25, 0.3) is 0 Å². The molecule has 0 bridgehead atoms. The molecule has 0 aliphatic rings. The molecule has 11 aromatic rings. The van der Waals surface area contributed by atoms with Crippen molar-refractivity contribution in [1.82, 2.24) is 19.5 Å². The molecule has 0 aliphatic carbocycles. The summed E-state index contributed by atoms with van der Waals surface area (Å²) >= 11 is 0. The van der Waals surface area contributed by atoms with Crippen LogP contribution in [0.2, 0.25) is 0 Å². The molecule has 5 heteroatoms. The third-order valence-corrected chi connectivity index (χ3v) is 10.7. The molecule has 56 heavy (non-hydrogen) atoms. The van der Waals surface area contributed by atoms with E-state index in [2.05, 4.69) is 180 Å². The number of nitrogens with zero attached hydrogens (tertiary/aromatic N) is 4. The molecule has 0 saturated heterocycles. The Morgan fingerprint density at radius 2 is 0.875 bits per heavy atom. The molecule has 0 atom stereocenters. The van der Waals surface area contributed by atoms with E-state index in [1.54, 1.807) is 0 Å². The molecule has 8 aromatic carbocycles. The molecule has 0 unspecified atom stereocenters. The third-order valence-electron chi connectivity index (χ3n) is 10.7. The Kier molecular flexibility index (Phi) is 7.42. The lowest BCUT2D eigenvalue weighted by Gasteiger charge is -2.14. The lowest BCUT2D eigenvalue weighted by Crippen LogP contribution is -2.07. The lowest BCUT2D eigenvalue weighted by molar-refractivity contribution is 0.670. The Balaban J connectivity index is 1.13. The summed E-state index contributed by atoms with van der Waals surface area (Å²) in [5.41, 5.74) is 12.1. The maximum atomic E-state index is 6.62. The number of benzene rings is 8. The van der Waals surface area contributed by atoms with E-state index in [-0.39, 0.29) is 0 Å². The highest BCUT2D eigenvalue weighted by atomic mass is 16.3. The Morgan fingerprint density at radius 3 is 1.62 bits per heavy atom. The minimum absolute atomic E-state index is 0.562. The normalized spacial score (nSPS) is 11.6. The van der Waals surface area contributed by atoms with Gasteiger partial charge in [-0.15, -0.1) is 0 Å². The van der Waals surface area contributed by atoms with Crippen molar-refractivity contribution in [2.24, 2.45) is 0 Å². The molecule has 0 saturated carbocycles. The summed E-state index contributed by atoms with van der Waals surface area (Å²) in [6.45, 7) is 0. The molecule has 3 aromatic heterocycles. The average molecular weight is 717 g/mol. The van der Waals surface area contributed by atoms with Crippen molar-refractivity contribution < 1.29 is 4.42 Å². The van der Waals surface area contributed by atoms with E-state index in [9.17, 15) is 0 Å². The fourth-order valence-electron chi connectivity index (χ4n) is 8.16. The van der Waals surface area contributed by atoms with E-state index < -0.39 is 0 Å². The molecule has 262 valence electrons. The molecule has 0 radical (unpaired) electrons. The van der Waals surface area contributed by atoms with Gasteiger partial charge in [0.1, 0.15) is 11.2 Å². The molecule has 0 amide bonds. The molecule has 0 spiro atoms. The van der Waals surface area contributed by atoms with Crippen LogP contribution in [0.25, 0.3) is 106 Å². The predicted molar refractivity (Wildman–Crippen MR) is 229 cm³/mol. The fraction of sp³-hybridized carbons (Fsp3) is 0. The summed E-state index contributed by atoms with van der Waals surface area (Å²) in [4.78, 5) is 15.8. The van der Waals surface area contributed by atoms with Gasteiger partial charge in [0.15, 0.2) is 11.6 Å². The topological polar surface area (TPSA) is 56.7 Å². The van der Waals surface area contributed by atoms with Crippen molar-refractivity contribution in [3.63, 3.8) is 0 Å². The van der Waals surface area contributed by atoms with Gasteiger partial charge in [-0.1, -0.05) is 170 Å². The van der Waals surface area contributed by atoms with Gasteiger partial charge in [-0.2, -0.15) is 9.97 Å². The number of hydrogen-bond acceptors (Lipinski definition) is 4. The van der Waals surface area contributed by atoms with Gasteiger partial charge in [-0.3, -0.25) is 4.57 Å². The van der Waals surface area contributed by atoms with Crippen LogP contribution in [-0.4, -0.2) is 19.5 Å². The number of para-hydroxylation sites is 3. The monoisotopic (exact) mass is 716 g/mol. The standard InChI is InChI=1S/C51H32N4O/c1-3-16-33(17-4-1)37-22-7-8-25-42(37)50-52-49(53-51(54-50)55-44-29-11-9-23-40(44)41-24-10-12-30-45(41)55)36-21-13-20-35(32-36)38-26-15-31-46-47(38)43-28-14-27-39(48(43)56-46)34-18-5-2-6-19-34/h1-32H. The number of hydrogen-bond donors (Lipinski definition) is 0. The van der Waals surface area contributed by atoms with E-state index in [0.29, 0.717) is 17.6 Å². The smallest absolute Gasteiger partial charge is 0.238 e. The van der Waals surface area contributed by atoms with Gasteiger partial charge in [-0.05, 0) is 52.1 Å². The molecule has 0 N–H and O–H groups in total. The van der Waals surface area contributed by atoms with Crippen molar-refractivity contribution in [2.75, 3.05) is 0 Å². The molecule has 0 aliphatic heterocycles. The third kappa shape index (κ3) is 5.21. The Bertz CT molecular complexity index is 3200. The number of aromatic nitrogens is 4. The van der Waals surface area contributed by atoms with Crippen LogP contribution < -0.4 is 0 Å². The van der Waals surface area contributed by atoms with Gasteiger partial charge in [0.05, 0.1) is 11.0 Å². The first kappa shape index (κ1) is 31.9. The first-order chi connectivity index (χ1) is 27.8. The van der Waals surface area contributed by atoms with Gasteiger partial charge in [0, 0.05) is 38.2 Å². The van der Waals surface area contributed by atoms with Crippen LogP contribution in [0.5, 0.6) is 0 Å². The highest BCUT2D eigenvalue weighted by Crippen LogP contribution is 2.41. The minimum atomic E-state index is 0.562. The molecule has 0 fully saturated rings. The van der Waals surface area contributed by atoms with Gasteiger partial charge in [0.2, 0.25) is 5.95 Å². The molecule has 11 rings (SSSR count). The maximum Gasteiger partial charge on any atom is 0.238 e. The van der Waals surface area contributed by atoms with Crippen LogP contribution in [0.4, 0.5) is 0 Å². The van der Waals surface area contributed by atoms with E-state index in [1.165, 1.54) is 0 Å². The van der Waals surface area contributed by atoms with Crippen LogP contribution in [-0.2, 0) is 0 Å². The van der Waals surface area contributed by atoms with Gasteiger partial charge >= 0.3 is 0 Å². The fourth-order valence-corrected chi connectivity index (χ4v) is 8.16. The first-order valence-electron chi connectivity index (χ1n) is 18.8. The second-order valence-corrected chi connectivity index (χ2v) is 14.0. The number of fused-ring (bicyclic) bond motifs is 6. The maximum absolute atomic E-state index is 6.62. The minimum Gasteiger partial charge on any atom is -0.455 e. The zero-order valence-electron chi connectivity index (χ0n) is 30.2. The average Bonchev–Trinajstić information content (AvgIpc) is 3.83. The number of rotatable bonds is 6. The molecule has 5 nitrogen and oxygen atoms in total. The van der Waals surface area contributed by atoms with Crippen LogP contribution in [0.15, 0.2) is 199 Å². The second kappa shape index (κ2) is 13.0. The predicted octanol–water partition coefficient (Wildman–Crippen LogP) is 13.2. The zero-order chi connectivity index (χ0) is 37.0. The Labute approximate surface area is 322 Å². The second-order valence-electron chi connectivity index (χ2n) is 14.0. The molecular formula is C51H32N4O. The van der Waals surface area contributed by atoms with E-state index >= 15 is 0 Å². The molecule has 3 heterocycles. The van der Waals surface area contributed by atoms with Gasteiger partial charge < -0.3 is 4.42 Å². The Hall–Kier alpha value is -7.63.